The van der Waals surface area contributed by atoms with Gasteiger partial charge in [-0.25, -0.2) is 0 Å². The first-order valence-corrected chi connectivity index (χ1v) is 24.5. The predicted octanol–water partition coefficient (Wildman–Crippen LogP) is 17.7. The van der Waals surface area contributed by atoms with Crippen LogP contribution < -0.4 is 0 Å². The van der Waals surface area contributed by atoms with Gasteiger partial charge in [0.2, 0.25) is 0 Å². The van der Waals surface area contributed by atoms with Gasteiger partial charge in [-0.1, -0.05) is 252 Å². The van der Waals surface area contributed by atoms with Crippen LogP contribution in [0, 0.1) is 0 Å². The average Bonchev–Trinajstić information content (AvgIpc) is 3.07. The lowest BCUT2D eigenvalue weighted by atomic mass is 10.0. The first kappa shape index (κ1) is 46.4. The van der Waals surface area contributed by atoms with Gasteiger partial charge in [0, 0.05) is 0 Å². The van der Waals surface area contributed by atoms with Crippen LogP contribution in [0.1, 0.15) is 271 Å². The van der Waals surface area contributed by atoms with Crippen LogP contribution in [0.5, 0.6) is 0 Å². The van der Waals surface area contributed by atoms with E-state index in [2.05, 4.69) is 20.8 Å². The average molecular weight is 665 g/mol. The molecule has 0 saturated carbocycles. The molecule has 0 saturated heterocycles. The summed E-state index contributed by atoms with van der Waals surface area (Å²) in [5.74, 6) is 0. The fourth-order valence-corrected chi connectivity index (χ4v) is 10.1. The topological polar surface area (TPSA) is 0 Å². The van der Waals surface area contributed by atoms with Crippen LogP contribution in [-0.2, 0) is 0 Å². The van der Waals surface area contributed by atoms with Crippen LogP contribution >= 0.6 is 7.92 Å². The monoisotopic (exact) mass is 665 g/mol. The lowest BCUT2D eigenvalue weighted by Crippen LogP contribution is -1.97. The Morgan fingerprint density at radius 1 is 0.174 bits per heavy atom. The van der Waals surface area contributed by atoms with E-state index in [0.29, 0.717) is 7.92 Å². The van der Waals surface area contributed by atoms with Gasteiger partial charge in [-0.2, -0.15) is 0 Å². The van der Waals surface area contributed by atoms with E-state index in [1.165, 1.54) is 231 Å². The minimum absolute atomic E-state index is 0.322. The summed E-state index contributed by atoms with van der Waals surface area (Å²) in [4.78, 5) is 0. The summed E-state index contributed by atoms with van der Waals surface area (Å²) in [7, 11) is 0.322. The minimum Gasteiger partial charge on any atom is -0.107 e. The summed E-state index contributed by atoms with van der Waals surface area (Å²) in [5, 5.41) is 0. The van der Waals surface area contributed by atoms with Gasteiger partial charge in [0.1, 0.15) is 0 Å². The number of hydrogen-bond acceptors (Lipinski definition) is 0. The van der Waals surface area contributed by atoms with Crippen molar-refractivity contribution in [3.8, 4) is 0 Å². The van der Waals surface area contributed by atoms with E-state index in [4.69, 9.17) is 0 Å². The van der Waals surface area contributed by atoms with Crippen LogP contribution in [0.15, 0.2) is 0 Å². The number of hydrogen-bond donors (Lipinski definition) is 0. The molecule has 0 heterocycles. The molecular formula is C45H93P. The smallest absolute Gasteiger partial charge is 0.0326 e. The first-order chi connectivity index (χ1) is 22.8. The zero-order valence-electron chi connectivity index (χ0n) is 33.1. The standard InChI is InChI=1S/C45H93P/c1-4-7-10-13-16-19-22-25-28-31-34-37-40-43-46(44-41-38-35-32-29-26-23-20-17-14-11-8-5-2)45-42-39-36-33-30-27-24-21-18-15-12-9-6-3/h4-45H2,1-3H3. The predicted molar refractivity (Wildman–Crippen MR) is 219 cm³/mol. The molecule has 0 atom stereocenters. The summed E-state index contributed by atoms with van der Waals surface area (Å²) >= 11 is 0. The summed E-state index contributed by atoms with van der Waals surface area (Å²) in [6.07, 6.45) is 62.8. The molecule has 0 aliphatic carbocycles. The van der Waals surface area contributed by atoms with Crippen LogP contribution in [0.4, 0.5) is 0 Å². The lowest BCUT2D eigenvalue weighted by molar-refractivity contribution is 0.541. The van der Waals surface area contributed by atoms with Crippen LogP contribution in [0.25, 0.3) is 0 Å². The van der Waals surface area contributed by atoms with Crippen LogP contribution in [0.3, 0.4) is 0 Å². The minimum atomic E-state index is 0.322. The Bertz CT molecular complexity index is 430. The fourth-order valence-electron chi connectivity index (χ4n) is 7.39. The Balaban J connectivity index is 3.91. The van der Waals surface area contributed by atoms with E-state index in [1.54, 1.807) is 37.7 Å². The molecule has 0 aromatic rings. The second-order valence-corrected chi connectivity index (χ2v) is 18.3. The maximum atomic E-state index is 2.32. The highest BCUT2D eigenvalue weighted by molar-refractivity contribution is 7.57. The van der Waals surface area contributed by atoms with Gasteiger partial charge in [0.25, 0.3) is 0 Å². The second-order valence-electron chi connectivity index (χ2n) is 15.6. The molecule has 278 valence electrons. The van der Waals surface area contributed by atoms with E-state index >= 15 is 0 Å². The van der Waals surface area contributed by atoms with Crippen molar-refractivity contribution in [2.24, 2.45) is 0 Å². The molecule has 0 unspecified atom stereocenters. The molecule has 0 spiro atoms. The third-order valence-corrected chi connectivity index (χ3v) is 13.6. The van der Waals surface area contributed by atoms with Crippen molar-refractivity contribution in [3.05, 3.63) is 0 Å². The molecule has 0 N–H and O–H groups in total. The summed E-state index contributed by atoms with van der Waals surface area (Å²) in [6, 6.07) is 0. The van der Waals surface area contributed by atoms with Crippen molar-refractivity contribution in [3.63, 3.8) is 0 Å². The summed E-state index contributed by atoms with van der Waals surface area (Å²) in [5.41, 5.74) is 0. The van der Waals surface area contributed by atoms with Gasteiger partial charge in [-0.3, -0.25) is 0 Å². The van der Waals surface area contributed by atoms with E-state index in [9.17, 15) is 0 Å². The molecule has 1 heteroatoms. The molecule has 0 radical (unpaired) electrons. The van der Waals surface area contributed by atoms with E-state index in [0.717, 1.165) is 0 Å². The zero-order chi connectivity index (χ0) is 33.3. The van der Waals surface area contributed by atoms with Crippen molar-refractivity contribution in [1.29, 1.82) is 0 Å². The molecule has 0 bridgehead atoms. The third kappa shape index (κ3) is 40.6. The largest absolute Gasteiger partial charge is 0.107 e. The molecule has 0 amide bonds. The molecule has 0 fully saturated rings. The zero-order valence-corrected chi connectivity index (χ0v) is 34.0. The Labute approximate surface area is 296 Å². The normalized spacial score (nSPS) is 11.7. The van der Waals surface area contributed by atoms with Crippen LogP contribution in [0.2, 0.25) is 0 Å². The second kappa shape index (κ2) is 43.5. The van der Waals surface area contributed by atoms with Gasteiger partial charge in [0.15, 0.2) is 0 Å². The molecule has 0 aliphatic heterocycles. The fraction of sp³-hybridized carbons (Fsp3) is 1.00. The molecule has 0 aromatic carbocycles. The van der Waals surface area contributed by atoms with E-state index in [1.807, 2.05) is 0 Å². The lowest BCUT2D eigenvalue weighted by Gasteiger charge is -2.18. The Hall–Kier alpha value is 0.430. The van der Waals surface area contributed by atoms with Crippen molar-refractivity contribution < 1.29 is 0 Å². The Kier molecular flexibility index (Phi) is 43.9. The quantitative estimate of drug-likeness (QED) is 0.0450. The maximum Gasteiger partial charge on any atom is -0.0326 e. The van der Waals surface area contributed by atoms with Gasteiger partial charge >= 0.3 is 0 Å². The molecule has 46 heavy (non-hydrogen) atoms. The SMILES string of the molecule is CCCCCCCCCCCCCCCP(CCCCCCCCCCCCCCC)CCCCCCCCCCCCCCC. The number of rotatable bonds is 42. The first-order valence-electron chi connectivity index (χ1n) is 22.6. The van der Waals surface area contributed by atoms with Crippen molar-refractivity contribution in [1.82, 2.24) is 0 Å². The van der Waals surface area contributed by atoms with Gasteiger partial charge in [0.05, 0.1) is 0 Å². The van der Waals surface area contributed by atoms with Gasteiger partial charge in [-0.15, -0.1) is 7.92 Å². The van der Waals surface area contributed by atoms with E-state index < -0.39 is 0 Å². The molecular weight excluding hydrogens is 571 g/mol. The Morgan fingerprint density at radius 3 is 0.457 bits per heavy atom. The molecule has 0 nitrogen and oxygen atoms in total. The summed E-state index contributed by atoms with van der Waals surface area (Å²) < 4.78 is 0. The highest BCUT2D eigenvalue weighted by Crippen LogP contribution is 2.39. The van der Waals surface area contributed by atoms with Gasteiger partial charge < -0.3 is 0 Å². The van der Waals surface area contributed by atoms with Gasteiger partial charge in [-0.05, 0) is 37.7 Å². The Morgan fingerprint density at radius 2 is 0.304 bits per heavy atom. The molecule has 0 aromatic heterocycles. The van der Waals surface area contributed by atoms with E-state index in [-0.39, 0.29) is 0 Å². The maximum absolute atomic E-state index is 2.32. The summed E-state index contributed by atoms with van der Waals surface area (Å²) in [6.45, 7) is 6.96. The highest BCUT2D eigenvalue weighted by atomic mass is 31.1. The van der Waals surface area contributed by atoms with Crippen LogP contribution in [-0.4, -0.2) is 18.5 Å². The molecule has 0 aliphatic rings. The van der Waals surface area contributed by atoms with Crippen molar-refractivity contribution in [2.45, 2.75) is 271 Å². The highest BCUT2D eigenvalue weighted by Gasteiger charge is 2.08. The third-order valence-electron chi connectivity index (χ3n) is 10.7. The van der Waals surface area contributed by atoms with Crippen molar-refractivity contribution in [2.75, 3.05) is 18.5 Å². The molecule has 0 rings (SSSR count). The number of unbranched alkanes of at least 4 members (excludes halogenated alkanes) is 36. The van der Waals surface area contributed by atoms with Crippen molar-refractivity contribution >= 4 is 7.92 Å².